The topological polar surface area (TPSA) is 84.9 Å². The zero-order valence-corrected chi connectivity index (χ0v) is 11.9. The number of amides is 1. The predicted molar refractivity (Wildman–Crippen MR) is 75.5 cm³/mol. The average molecular weight is 299 g/mol. The molecule has 0 atom stereocenters. The highest BCUT2D eigenvalue weighted by molar-refractivity contribution is 7.10. The molecule has 0 saturated heterocycles. The summed E-state index contributed by atoms with van der Waals surface area (Å²) in [4.78, 5) is 22.9. The maximum atomic E-state index is 11.5. The number of nitrogens with one attached hydrogen (secondary N) is 1. The van der Waals surface area contributed by atoms with E-state index in [-0.39, 0.29) is 12.5 Å². The zero-order chi connectivity index (χ0) is 14.8. The van der Waals surface area contributed by atoms with E-state index in [2.05, 4.69) is 5.32 Å². The van der Waals surface area contributed by atoms with Crippen LogP contribution in [-0.2, 0) is 25.6 Å². The van der Waals surface area contributed by atoms with Crippen LogP contribution < -0.4 is 5.32 Å². The van der Waals surface area contributed by atoms with Crippen LogP contribution in [-0.4, -0.2) is 43.9 Å². The van der Waals surface area contributed by atoms with Crippen molar-refractivity contribution in [3.8, 4) is 0 Å². The number of aliphatic carboxylic acids is 1. The molecule has 1 rings (SSSR count). The number of ether oxygens (including phenoxy) is 2. The van der Waals surface area contributed by atoms with Crippen LogP contribution in [0.4, 0.5) is 0 Å². The first-order valence-electron chi connectivity index (χ1n) is 5.94. The van der Waals surface area contributed by atoms with Gasteiger partial charge >= 0.3 is 5.97 Å². The summed E-state index contributed by atoms with van der Waals surface area (Å²) in [6.45, 7) is 1.15. The van der Waals surface area contributed by atoms with Gasteiger partial charge in [-0.3, -0.25) is 4.79 Å². The lowest BCUT2D eigenvalue weighted by Crippen LogP contribution is -2.27. The molecule has 1 amide bonds. The van der Waals surface area contributed by atoms with Crippen molar-refractivity contribution in [1.82, 2.24) is 5.32 Å². The Kier molecular flexibility index (Phi) is 7.56. The fraction of sp³-hybridized carbons (Fsp3) is 0.385. The molecule has 20 heavy (non-hydrogen) atoms. The minimum absolute atomic E-state index is 0.0188. The van der Waals surface area contributed by atoms with Gasteiger partial charge in [0.15, 0.2) is 0 Å². The van der Waals surface area contributed by atoms with E-state index in [0.29, 0.717) is 19.8 Å². The van der Waals surface area contributed by atoms with Crippen LogP contribution in [0.2, 0.25) is 0 Å². The number of carboxylic acids is 1. The second kappa shape index (κ2) is 9.24. The fourth-order valence-corrected chi connectivity index (χ4v) is 2.15. The Balaban J connectivity index is 2.36. The Morgan fingerprint density at radius 2 is 2.25 bits per heavy atom. The van der Waals surface area contributed by atoms with Gasteiger partial charge in [-0.25, -0.2) is 4.79 Å². The Morgan fingerprint density at radius 1 is 1.45 bits per heavy atom. The molecule has 0 aromatic carbocycles. The summed E-state index contributed by atoms with van der Waals surface area (Å²) < 4.78 is 9.88. The molecule has 1 aromatic heterocycles. The zero-order valence-electron chi connectivity index (χ0n) is 11.1. The van der Waals surface area contributed by atoms with Crippen molar-refractivity contribution in [2.75, 3.05) is 26.9 Å². The third-order valence-corrected chi connectivity index (χ3v) is 3.23. The molecule has 0 fully saturated rings. The van der Waals surface area contributed by atoms with Crippen LogP contribution in [0.25, 0.3) is 6.08 Å². The molecule has 0 saturated carbocycles. The van der Waals surface area contributed by atoms with Gasteiger partial charge in [0.2, 0.25) is 5.91 Å². The molecule has 2 N–H and O–H groups in total. The van der Waals surface area contributed by atoms with Crippen LogP contribution >= 0.6 is 11.3 Å². The maximum Gasteiger partial charge on any atom is 0.328 e. The molecule has 0 aliphatic heterocycles. The van der Waals surface area contributed by atoms with Crippen molar-refractivity contribution in [2.45, 2.75) is 6.54 Å². The van der Waals surface area contributed by atoms with Crippen molar-refractivity contribution in [2.24, 2.45) is 0 Å². The molecular weight excluding hydrogens is 282 g/mol. The Hall–Kier alpha value is -1.70. The first-order valence-corrected chi connectivity index (χ1v) is 6.82. The summed E-state index contributed by atoms with van der Waals surface area (Å²) in [5.74, 6) is -1.22. The summed E-state index contributed by atoms with van der Waals surface area (Å²) in [5, 5.41) is 13.1. The van der Waals surface area contributed by atoms with Crippen molar-refractivity contribution in [3.63, 3.8) is 0 Å². The summed E-state index contributed by atoms with van der Waals surface area (Å²) in [5.41, 5.74) is 0.790. The summed E-state index contributed by atoms with van der Waals surface area (Å²) in [6, 6.07) is 1.81. The van der Waals surface area contributed by atoms with E-state index in [4.69, 9.17) is 14.6 Å². The van der Waals surface area contributed by atoms with E-state index in [1.807, 2.05) is 5.38 Å². The van der Waals surface area contributed by atoms with E-state index in [1.165, 1.54) is 17.4 Å². The molecule has 1 aromatic rings. The monoisotopic (exact) mass is 299 g/mol. The first kappa shape index (κ1) is 16.4. The normalized spacial score (nSPS) is 10.8. The highest BCUT2D eigenvalue weighted by Gasteiger charge is 2.05. The highest BCUT2D eigenvalue weighted by atomic mass is 32.1. The second-order valence-corrected chi connectivity index (χ2v) is 4.79. The number of carboxylic acid groups (broad SMARTS) is 1. The molecule has 0 unspecified atom stereocenters. The largest absolute Gasteiger partial charge is 0.478 e. The van der Waals surface area contributed by atoms with Gasteiger partial charge in [-0.1, -0.05) is 0 Å². The van der Waals surface area contributed by atoms with Gasteiger partial charge in [0.25, 0.3) is 0 Å². The van der Waals surface area contributed by atoms with Gasteiger partial charge in [-0.05, 0) is 23.1 Å². The summed E-state index contributed by atoms with van der Waals surface area (Å²) in [7, 11) is 1.56. The number of methoxy groups -OCH3 is 1. The Bertz CT molecular complexity index is 469. The van der Waals surface area contributed by atoms with Crippen LogP contribution in [0.3, 0.4) is 0 Å². The molecule has 0 bridgehead atoms. The average Bonchev–Trinajstić information content (AvgIpc) is 2.86. The first-order chi connectivity index (χ1) is 9.63. The molecule has 7 heteroatoms. The minimum Gasteiger partial charge on any atom is -0.478 e. The molecule has 110 valence electrons. The van der Waals surface area contributed by atoms with Crippen LogP contribution in [0.15, 0.2) is 17.5 Å². The SMILES string of the molecule is COCCOCC(=O)NCc1sccc1/C=C/C(=O)O. The molecular formula is C13H17NO5S. The van der Waals surface area contributed by atoms with Crippen LogP contribution in [0, 0.1) is 0 Å². The lowest BCUT2D eigenvalue weighted by atomic mass is 10.2. The lowest BCUT2D eigenvalue weighted by molar-refractivity contribution is -0.131. The van der Waals surface area contributed by atoms with Gasteiger partial charge in [-0.2, -0.15) is 0 Å². The minimum atomic E-state index is -1.00. The van der Waals surface area contributed by atoms with Crippen molar-refractivity contribution < 1.29 is 24.2 Å². The molecule has 0 aliphatic rings. The number of hydrogen-bond donors (Lipinski definition) is 2. The summed E-state index contributed by atoms with van der Waals surface area (Å²) in [6.07, 6.45) is 2.58. The quantitative estimate of drug-likeness (QED) is 0.527. The van der Waals surface area contributed by atoms with E-state index in [1.54, 1.807) is 13.2 Å². The fourth-order valence-electron chi connectivity index (χ4n) is 1.34. The Labute approximate surface area is 121 Å². The van der Waals surface area contributed by atoms with Crippen molar-refractivity contribution in [1.29, 1.82) is 0 Å². The van der Waals surface area contributed by atoms with Gasteiger partial charge in [0.05, 0.1) is 19.8 Å². The van der Waals surface area contributed by atoms with Crippen LogP contribution in [0.5, 0.6) is 0 Å². The lowest BCUT2D eigenvalue weighted by Gasteiger charge is -2.05. The van der Waals surface area contributed by atoms with E-state index >= 15 is 0 Å². The number of rotatable bonds is 9. The maximum absolute atomic E-state index is 11.5. The molecule has 6 nitrogen and oxygen atoms in total. The number of carbonyl (C=O) groups excluding carboxylic acids is 1. The number of hydrogen-bond acceptors (Lipinski definition) is 5. The van der Waals surface area contributed by atoms with Crippen molar-refractivity contribution >= 4 is 29.3 Å². The van der Waals surface area contributed by atoms with Crippen LogP contribution in [0.1, 0.15) is 10.4 Å². The Morgan fingerprint density at radius 3 is 2.95 bits per heavy atom. The predicted octanol–water partition coefficient (Wildman–Crippen LogP) is 1.13. The number of thiophene rings is 1. The standard InChI is InChI=1S/C13H17NO5S/c1-18-5-6-19-9-12(15)14-8-11-10(4-7-20-11)2-3-13(16)17/h2-4,7H,5-6,8-9H2,1H3,(H,14,15)(H,16,17)/b3-2+. The van der Waals surface area contributed by atoms with Gasteiger partial charge in [-0.15, -0.1) is 11.3 Å². The molecule has 1 heterocycles. The summed E-state index contributed by atoms with van der Waals surface area (Å²) >= 11 is 1.46. The number of carbonyl (C=O) groups is 2. The molecule has 0 spiro atoms. The molecule has 0 aliphatic carbocycles. The third kappa shape index (κ3) is 6.46. The van der Waals surface area contributed by atoms with Gasteiger partial charge in [0.1, 0.15) is 6.61 Å². The van der Waals surface area contributed by atoms with E-state index in [9.17, 15) is 9.59 Å². The van der Waals surface area contributed by atoms with E-state index < -0.39 is 5.97 Å². The second-order valence-electron chi connectivity index (χ2n) is 3.79. The third-order valence-electron chi connectivity index (χ3n) is 2.30. The van der Waals surface area contributed by atoms with Crippen molar-refractivity contribution in [3.05, 3.63) is 28.0 Å². The van der Waals surface area contributed by atoms with E-state index in [0.717, 1.165) is 16.5 Å². The van der Waals surface area contributed by atoms with Gasteiger partial charge in [0, 0.05) is 18.1 Å². The molecule has 0 radical (unpaired) electrons. The van der Waals surface area contributed by atoms with Gasteiger partial charge < -0.3 is 19.9 Å². The highest BCUT2D eigenvalue weighted by Crippen LogP contribution is 2.18. The smallest absolute Gasteiger partial charge is 0.328 e.